The Morgan fingerprint density at radius 2 is 2.50 bits per heavy atom. The van der Waals surface area contributed by atoms with Gasteiger partial charge in [0.15, 0.2) is 0 Å². The zero-order valence-electron chi connectivity index (χ0n) is 5.11. The van der Waals surface area contributed by atoms with Crippen LogP contribution in [0, 0.1) is 0 Å². The number of fused-ring (bicyclic) bond motifs is 1. The Labute approximate surface area is 56.1 Å². The first-order valence-electron chi connectivity index (χ1n) is 2.88. The van der Waals surface area contributed by atoms with Crippen molar-refractivity contribution in [2.45, 2.75) is 0 Å². The molecule has 0 amide bonds. The fourth-order valence-electron chi connectivity index (χ4n) is 0.868. The largest absolute Gasteiger partial charge is 0.268 e. The molecule has 0 aliphatic heterocycles. The summed E-state index contributed by atoms with van der Waals surface area (Å²) in [5.74, 6) is 0. The van der Waals surface area contributed by atoms with Crippen LogP contribution < -0.4 is 5.56 Å². The van der Waals surface area contributed by atoms with Crippen molar-refractivity contribution in [2.24, 2.45) is 0 Å². The minimum atomic E-state index is -0.104. The summed E-state index contributed by atoms with van der Waals surface area (Å²) in [5.41, 5.74) is 0.730. The van der Waals surface area contributed by atoms with Crippen molar-refractivity contribution in [3.05, 3.63) is 35.0 Å². The number of aromatic nitrogens is 3. The zero-order valence-corrected chi connectivity index (χ0v) is 5.11. The first kappa shape index (κ1) is 5.22. The number of H-pyrrole nitrogens is 1. The summed E-state index contributed by atoms with van der Waals surface area (Å²) in [6.07, 6.45) is 3.19. The van der Waals surface area contributed by atoms with Gasteiger partial charge in [0.25, 0.3) is 5.56 Å². The molecule has 0 saturated heterocycles. The first-order valence-corrected chi connectivity index (χ1v) is 2.88. The molecule has 2 heterocycles. The minimum absolute atomic E-state index is 0.104. The van der Waals surface area contributed by atoms with E-state index in [-0.39, 0.29) is 5.56 Å². The standard InChI is InChI=1S/C6H5N3O/c10-6-3-5-1-2-7-4-9(5)8-6/h1-4H,(H,8,10). The summed E-state index contributed by atoms with van der Waals surface area (Å²) in [6.45, 7) is 0. The maximum absolute atomic E-state index is 10.7. The van der Waals surface area contributed by atoms with Crippen LogP contribution in [-0.4, -0.2) is 14.6 Å². The van der Waals surface area contributed by atoms with Gasteiger partial charge in [-0.25, -0.2) is 9.50 Å². The topological polar surface area (TPSA) is 50.2 Å². The molecule has 2 aromatic heterocycles. The molecule has 2 aromatic rings. The molecule has 0 unspecified atom stereocenters. The van der Waals surface area contributed by atoms with E-state index in [1.165, 1.54) is 6.07 Å². The number of rotatable bonds is 0. The second-order valence-electron chi connectivity index (χ2n) is 2.00. The van der Waals surface area contributed by atoms with Gasteiger partial charge in [0.05, 0.1) is 5.52 Å². The summed E-state index contributed by atoms with van der Waals surface area (Å²) < 4.78 is 1.57. The lowest BCUT2D eigenvalue weighted by Crippen LogP contribution is -1.98. The molecule has 0 aliphatic rings. The average molecular weight is 135 g/mol. The summed E-state index contributed by atoms with van der Waals surface area (Å²) in [5, 5.41) is 2.56. The van der Waals surface area contributed by atoms with E-state index in [0.29, 0.717) is 0 Å². The van der Waals surface area contributed by atoms with Crippen LogP contribution in [0.1, 0.15) is 0 Å². The van der Waals surface area contributed by atoms with E-state index in [1.54, 1.807) is 23.1 Å². The highest BCUT2D eigenvalue weighted by Crippen LogP contribution is 1.92. The Morgan fingerprint density at radius 1 is 1.60 bits per heavy atom. The van der Waals surface area contributed by atoms with Gasteiger partial charge in [0, 0.05) is 12.3 Å². The third-order valence-corrected chi connectivity index (χ3v) is 1.30. The summed E-state index contributed by atoms with van der Waals surface area (Å²) >= 11 is 0. The number of hydrogen-bond acceptors (Lipinski definition) is 2. The number of nitrogens with one attached hydrogen (secondary N) is 1. The molecule has 2 rings (SSSR count). The van der Waals surface area contributed by atoms with Crippen molar-refractivity contribution in [2.75, 3.05) is 0 Å². The summed E-state index contributed by atoms with van der Waals surface area (Å²) in [7, 11) is 0. The van der Waals surface area contributed by atoms with Crippen LogP contribution in [0.25, 0.3) is 5.52 Å². The second-order valence-corrected chi connectivity index (χ2v) is 2.00. The van der Waals surface area contributed by atoms with Crippen LogP contribution in [0.2, 0.25) is 0 Å². The predicted molar refractivity (Wildman–Crippen MR) is 35.8 cm³/mol. The summed E-state index contributed by atoms with van der Waals surface area (Å²) in [4.78, 5) is 14.5. The van der Waals surface area contributed by atoms with Gasteiger partial charge in [0.1, 0.15) is 6.33 Å². The van der Waals surface area contributed by atoms with Crippen LogP contribution in [0.4, 0.5) is 0 Å². The van der Waals surface area contributed by atoms with E-state index in [2.05, 4.69) is 10.1 Å². The molecule has 0 saturated carbocycles. The maximum atomic E-state index is 10.7. The molecule has 0 bridgehead atoms. The van der Waals surface area contributed by atoms with Crippen molar-refractivity contribution in [1.29, 1.82) is 0 Å². The van der Waals surface area contributed by atoms with Crippen molar-refractivity contribution < 1.29 is 0 Å². The Hall–Kier alpha value is -1.58. The van der Waals surface area contributed by atoms with Crippen molar-refractivity contribution >= 4 is 5.52 Å². The van der Waals surface area contributed by atoms with Crippen LogP contribution in [0.15, 0.2) is 29.5 Å². The molecule has 0 aliphatic carbocycles. The lowest BCUT2D eigenvalue weighted by Gasteiger charge is -1.87. The molecular formula is C6H5N3O. The van der Waals surface area contributed by atoms with Gasteiger partial charge in [-0.2, -0.15) is 0 Å². The third kappa shape index (κ3) is 0.621. The van der Waals surface area contributed by atoms with Crippen LogP contribution in [0.5, 0.6) is 0 Å². The van der Waals surface area contributed by atoms with Crippen LogP contribution in [0.3, 0.4) is 0 Å². The van der Waals surface area contributed by atoms with E-state index in [9.17, 15) is 4.79 Å². The lowest BCUT2D eigenvalue weighted by atomic mass is 10.5. The highest BCUT2D eigenvalue weighted by molar-refractivity contribution is 5.42. The smallest absolute Gasteiger partial charge is 0.265 e. The molecule has 4 nitrogen and oxygen atoms in total. The van der Waals surface area contributed by atoms with E-state index in [4.69, 9.17) is 0 Å². The van der Waals surface area contributed by atoms with E-state index < -0.39 is 0 Å². The van der Waals surface area contributed by atoms with Gasteiger partial charge in [-0.1, -0.05) is 0 Å². The Bertz CT molecular complexity index is 364. The molecule has 10 heavy (non-hydrogen) atoms. The lowest BCUT2D eigenvalue weighted by molar-refractivity contribution is 0.903. The van der Waals surface area contributed by atoms with E-state index in [1.807, 2.05) is 0 Å². The third-order valence-electron chi connectivity index (χ3n) is 1.30. The highest BCUT2D eigenvalue weighted by atomic mass is 16.1. The average Bonchev–Trinajstić information content (AvgIpc) is 2.27. The molecule has 0 atom stereocenters. The van der Waals surface area contributed by atoms with Gasteiger partial charge in [0.2, 0.25) is 0 Å². The minimum Gasteiger partial charge on any atom is -0.268 e. The summed E-state index contributed by atoms with van der Waals surface area (Å²) in [6, 6.07) is 3.28. The molecule has 0 fully saturated rings. The van der Waals surface area contributed by atoms with E-state index in [0.717, 1.165) is 5.52 Å². The fourth-order valence-corrected chi connectivity index (χ4v) is 0.868. The van der Waals surface area contributed by atoms with Gasteiger partial charge in [-0.15, -0.1) is 0 Å². The molecule has 50 valence electrons. The van der Waals surface area contributed by atoms with Crippen molar-refractivity contribution in [3.8, 4) is 0 Å². The zero-order chi connectivity index (χ0) is 6.97. The monoisotopic (exact) mass is 135 g/mol. The predicted octanol–water partition coefficient (Wildman–Crippen LogP) is 0.0226. The maximum Gasteiger partial charge on any atom is 0.265 e. The second kappa shape index (κ2) is 1.70. The Balaban J connectivity index is 3.01. The van der Waals surface area contributed by atoms with Gasteiger partial charge >= 0.3 is 0 Å². The first-order chi connectivity index (χ1) is 4.86. The fraction of sp³-hybridized carbons (Fsp3) is 0. The SMILES string of the molecule is O=c1cc2ccncn2[nH]1. The van der Waals surface area contributed by atoms with Crippen LogP contribution in [-0.2, 0) is 0 Å². The molecule has 0 radical (unpaired) electrons. The highest BCUT2D eigenvalue weighted by Gasteiger charge is 1.91. The Morgan fingerprint density at radius 3 is 3.30 bits per heavy atom. The molecular weight excluding hydrogens is 130 g/mol. The van der Waals surface area contributed by atoms with Crippen LogP contribution >= 0.6 is 0 Å². The molecule has 0 spiro atoms. The quantitative estimate of drug-likeness (QED) is 0.553. The van der Waals surface area contributed by atoms with Gasteiger partial charge in [-0.3, -0.25) is 9.89 Å². The van der Waals surface area contributed by atoms with E-state index >= 15 is 0 Å². The molecule has 0 aromatic carbocycles. The number of aromatic amines is 1. The van der Waals surface area contributed by atoms with Crippen molar-refractivity contribution in [1.82, 2.24) is 14.6 Å². The van der Waals surface area contributed by atoms with Gasteiger partial charge < -0.3 is 0 Å². The Kier molecular flexibility index (Phi) is 0.887. The number of nitrogens with zero attached hydrogens (tertiary/aromatic N) is 2. The normalized spacial score (nSPS) is 10.4. The van der Waals surface area contributed by atoms with Gasteiger partial charge in [-0.05, 0) is 6.07 Å². The molecule has 4 heteroatoms. The number of hydrogen-bond donors (Lipinski definition) is 1. The van der Waals surface area contributed by atoms with Crippen molar-refractivity contribution in [3.63, 3.8) is 0 Å². The molecule has 1 N–H and O–H groups in total.